The highest BCUT2D eigenvalue weighted by Gasteiger charge is 1.97. The lowest BCUT2D eigenvalue weighted by molar-refractivity contribution is 0.398. The molecule has 0 fully saturated rings. The number of pyridine rings is 2. The van der Waals surface area contributed by atoms with Gasteiger partial charge >= 0.3 is 0 Å². The summed E-state index contributed by atoms with van der Waals surface area (Å²) in [5, 5.41) is 3.24. The average molecular weight is 294 g/mol. The van der Waals surface area contributed by atoms with Crippen molar-refractivity contribution in [1.82, 2.24) is 9.97 Å². The van der Waals surface area contributed by atoms with Gasteiger partial charge in [-0.15, -0.1) is 0 Å². The van der Waals surface area contributed by atoms with E-state index in [0.717, 1.165) is 15.9 Å². The highest BCUT2D eigenvalue weighted by molar-refractivity contribution is 9.10. The van der Waals surface area contributed by atoms with E-state index in [0.29, 0.717) is 12.4 Å². The van der Waals surface area contributed by atoms with Crippen molar-refractivity contribution in [1.29, 1.82) is 0 Å². The first kappa shape index (κ1) is 11.9. The highest BCUT2D eigenvalue weighted by Crippen LogP contribution is 2.12. The van der Waals surface area contributed by atoms with Gasteiger partial charge in [-0.2, -0.15) is 0 Å². The van der Waals surface area contributed by atoms with E-state index in [1.165, 1.54) is 0 Å². The van der Waals surface area contributed by atoms with Crippen LogP contribution >= 0.6 is 15.9 Å². The quantitative estimate of drug-likeness (QED) is 0.942. The van der Waals surface area contributed by atoms with E-state index in [1.807, 2.05) is 24.3 Å². The Hall–Kier alpha value is -1.62. The van der Waals surface area contributed by atoms with Crippen LogP contribution in [-0.4, -0.2) is 17.1 Å². The predicted octanol–water partition coefficient (Wildman–Crippen LogP) is 2.86. The first-order valence-electron chi connectivity index (χ1n) is 5.12. The number of nitrogens with one attached hydrogen (secondary N) is 1. The lowest BCUT2D eigenvalue weighted by Crippen LogP contribution is -2.01. The second-order valence-corrected chi connectivity index (χ2v) is 4.33. The number of anilines is 1. The Morgan fingerprint density at radius 3 is 2.65 bits per heavy atom. The van der Waals surface area contributed by atoms with Crippen LogP contribution < -0.4 is 10.1 Å². The maximum atomic E-state index is 4.99. The van der Waals surface area contributed by atoms with Gasteiger partial charge in [-0.05, 0) is 34.1 Å². The SMILES string of the molecule is COc1ccc(NCc2ccc(Br)cn2)cn1. The second kappa shape index (κ2) is 5.63. The Morgan fingerprint density at radius 2 is 2.06 bits per heavy atom. The normalized spacial score (nSPS) is 10.0. The van der Waals surface area contributed by atoms with Crippen molar-refractivity contribution >= 4 is 21.6 Å². The molecule has 2 heterocycles. The van der Waals surface area contributed by atoms with Gasteiger partial charge in [0.1, 0.15) is 0 Å². The van der Waals surface area contributed by atoms with Gasteiger partial charge in [-0.1, -0.05) is 0 Å². The molecule has 4 nitrogen and oxygen atoms in total. The number of hydrogen-bond acceptors (Lipinski definition) is 4. The summed E-state index contributed by atoms with van der Waals surface area (Å²) in [6.07, 6.45) is 3.51. The first-order chi connectivity index (χ1) is 8.28. The monoisotopic (exact) mass is 293 g/mol. The summed E-state index contributed by atoms with van der Waals surface area (Å²) < 4.78 is 5.97. The topological polar surface area (TPSA) is 47.0 Å². The molecule has 0 aliphatic heterocycles. The second-order valence-electron chi connectivity index (χ2n) is 3.41. The fourth-order valence-corrected chi connectivity index (χ4v) is 1.54. The van der Waals surface area contributed by atoms with Crippen LogP contribution in [0.5, 0.6) is 5.88 Å². The molecule has 5 heteroatoms. The zero-order chi connectivity index (χ0) is 12.1. The molecule has 0 atom stereocenters. The van der Waals surface area contributed by atoms with Gasteiger partial charge in [0.15, 0.2) is 0 Å². The van der Waals surface area contributed by atoms with Crippen LogP contribution in [0.25, 0.3) is 0 Å². The van der Waals surface area contributed by atoms with Gasteiger partial charge in [0.2, 0.25) is 5.88 Å². The Kier molecular flexibility index (Phi) is 3.93. The molecule has 0 radical (unpaired) electrons. The summed E-state index contributed by atoms with van der Waals surface area (Å²) in [6.45, 7) is 0.668. The van der Waals surface area contributed by atoms with Crippen LogP contribution in [0.2, 0.25) is 0 Å². The molecule has 2 aromatic rings. The molecule has 0 aliphatic rings. The molecule has 2 rings (SSSR count). The average Bonchev–Trinajstić information content (AvgIpc) is 2.39. The lowest BCUT2D eigenvalue weighted by Gasteiger charge is -2.06. The van der Waals surface area contributed by atoms with Crippen molar-refractivity contribution in [3.63, 3.8) is 0 Å². The molecular weight excluding hydrogens is 282 g/mol. The molecule has 0 bridgehead atoms. The van der Waals surface area contributed by atoms with E-state index >= 15 is 0 Å². The predicted molar refractivity (Wildman–Crippen MR) is 70.1 cm³/mol. The Bertz CT molecular complexity index is 470. The summed E-state index contributed by atoms with van der Waals surface area (Å²) in [4.78, 5) is 8.38. The van der Waals surface area contributed by atoms with Crippen LogP contribution in [0, 0.1) is 0 Å². The molecule has 1 N–H and O–H groups in total. The highest BCUT2D eigenvalue weighted by atomic mass is 79.9. The van der Waals surface area contributed by atoms with Gasteiger partial charge in [0, 0.05) is 16.7 Å². The molecule has 0 unspecified atom stereocenters. The van der Waals surface area contributed by atoms with Gasteiger partial charge in [-0.3, -0.25) is 4.98 Å². The first-order valence-corrected chi connectivity index (χ1v) is 5.91. The fraction of sp³-hybridized carbons (Fsp3) is 0.167. The van der Waals surface area contributed by atoms with E-state index in [4.69, 9.17) is 4.74 Å². The van der Waals surface area contributed by atoms with Crippen molar-refractivity contribution in [2.75, 3.05) is 12.4 Å². The summed E-state index contributed by atoms with van der Waals surface area (Å²) >= 11 is 3.35. The molecule has 0 saturated heterocycles. The zero-order valence-corrected chi connectivity index (χ0v) is 10.9. The summed E-state index contributed by atoms with van der Waals surface area (Å²) in [5.41, 5.74) is 1.92. The maximum Gasteiger partial charge on any atom is 0.213 e. The van der Waals surface area contributed by atoms with Crippen LogP contribution in [0.15, 0.2) is 41.1 Å². The molecule has 88 valence electrons. The van der Waals surface area contributed by atoms with Crippen molar-refractivity contribution < 1.29 is 4.74 Å². The molecule has 17 heavy (non-hydrogen) atoms. The van der Waals surface area contributed by atoms with E-state index in [2.05, 4.69) is 31.2 Å². The van der Waals surface area contributed by atoms with E-state index < -0.39 is 0 Å². The molecule has 2 aromatic heterocycles. The Labute approximate surface area is 108 Å². The number of methoxy groups -OCH3 is 1. The molecule has 0 spiro atoms. The van der Waals surface area contributed by atoms with Crippen molar-refractivity contribution in [2.24, 2.45) is 0 Å². The number of halogens is 1. The minimum Gasteiger partial charge on any atom is -0.481 e. The maximum absolute atomic E-state index is 4.99. The fourth-order valence-electron chi connectivity index (χ4n) is 1.31. The minimum atomic E-state index is 0.609. The summed E-state index contributed by atoms with van der Waals surface area (Å²) in [7, 11) is 1.60. The third kappa shape index (κ3) is 3.42. The molecular formula is C12H12BrN3O. The Balaban J connectivity index is 1.95. The third-order valence-corrected chi connectivity index (χ3v) is 2.68. The number of ether oxygens (including phenoxy) is 1. The van der Waals surface area contributed by atoms with E-state index in [-0.39, 0.29) is 0 Å². The standard InChI is InChI=1S/C12H12BrN3O/c1-17-12-5-4-11(8-16-12)15-7-10-3-2-9(13)6-14-10/h2-6,8,15H,7H2,1H3. The lowest BCUT2D eigenvalue weighted by atomic mass is 10.3. The number of rotatable bonds is 4. The smallest absolute Gasteiger partial charge is 0.213 e. The van der Waals surface area contributed by atoms with Gasteiger partial charge in [-0.25, -0.2) is 4.98 Å². The molecule has 0 aromatic carbocycles. The number of nitrogens with zero attached hydrogens (tertiary/aromatic N) is 2. The van der Waals surface area contributed by atoms with Crippen LogP contribution in [0.4, 0.5) is 5.69 Å². The van der Waals surface area contributed by atoms with E-state index in [9.17, 15) is 0 Å². The van der Waals surface area contributed by atoms with Crippen molar-refractivity contribution in [2.45, 2.75) is 6.54 Å². The van der Waals surface area contributed by atoms with E-state index in [1.54, 1.807) is 19.5 Å². The van der Waals surface area contributed by atoms with Crippen LogP contribution in [-0.2, 0) is 6.54 Å². The third-order valence-electron chi connectivity index (χ3n) is 2.21. The minimum absolute atomic E-state index is 0.609. The molecule has 0 aliphatic carbocycles. The summed E-state index contributed by atoms with van der Waals surface area (Å²) in [6, 6.07) is 7.67. The largest absolute Gasteiger partial charge is 0.481 e. The summed E-state index contributed by atoms with van der Waals surface area (Å²) in [5.74, 6) is 0.609. The van der Waals surface area contributed by atoms with Gasteiger partial charge in [0.25, 0.3) is 0 Å². The van der Waals surface area contributed by atoms with Gasteiger partial charge < -0.3 is 10.1 Å². The van der Waals surface area contributed by atoms with Crippen LogP contribution in [0.3, 0.4) is 0 Å². The van der Waals surface area contributed by atoms with Crippen molar-refractivity contribution in [3.8, 4) is 5.88 Å². The van der Waals surface area contributed by atoms with Crippen LogP contribution in [0.1, 0.15) is 5.69 Å². The number of aromatic nitrogens is 2. The number of hydrogen-bond donors (Lipinski definition) is 1. The zero-order valence-electron chi connectivity index (χ0n) is 9.35. The van der Waals surface area contributed by atoms with Gasteiger partial charge in [0.05, 0.1) is 31.2 Å². The Morgan fingerprint density at radius 1 is 1.18 bits per heavy atom. The van der Waals surface area contributed by atoms with Crippen molar-refractivity contribution in [3.05, 3.63) is 46.8 Å². The molecule has 0 saturated carbocycles. The molecule has 0 amide bonds.